The zero-order valence-electron chi connectivity index (χ0n) is 23.8. The van der Waals surface area contributed by atoms with Crippen molar-refractivity contribution in [3.63, 3.8) is 0 Å². The van der Waals surface area contributed by atoms with Crippen LogP contribution in [0, 0.1) is 0 Å². The van der Waals surface area contributed by atoms with E-state index < -0.39 is 24.5 Å². The number of anilines is 2. The van der Waals surface area contributed by atoms with Crippen LogP contribution >= 0.6 is 0 Å². The standard InChI is InChI=1S/C27H32N12O4/c1-16(2)39-35-24(34-36-39)21-20(41)22(42-15-40)26(43-21)38-14-31-19-23(29-11-17-7-5-4-6-8-17)32-27(33-25(19)38)28-10-9-18-12-37(3)13-30-18/h4-8,12-16,20-22,26,41H,9-11H2,1-3H3,(H2,28,29,32,33)/t20-,21+,22-,26-/m1/s1. The van der Waals surface area contributed by atoms with Crippen LogP contribution in [0.5, 0.6) is 0 Å². The number of hydrogen-bond donors (Lipinski definition) is 3. The van der Waals surface area contributed by atoms with Crippen molar-refractivity contribution in [3.05, 3.63) is 66.3 Å². The van der Waals surface area contributed by atoms with Crippen LogP contribution < -0.4 is 10.6 Å². The second-order valence-corrected chi connectivity index (χ2v) is 10.5. The molecule has 1 fully saturated rings. The Bertz CT molecular complexity index is 1680. The van der Waals surface area contributed by atoms with Crippen molar-refractivity contribution >= 4 is 29.4 Å². The Hall–Kier alpha value is -4.96. The summed E-state index contributed by atoms with van der Waals surface area (Å²) in [4.78, 5) is 31.3. The molecule has 0 bridgehead atoms. The summed E-state index contributed by atoms with van der Waals surface area (Å²) in [6.45, 7) is 5.12. The third-order valence-electron chi connectivity index (χ3n) is 7.01. The minimum atomic E-state index is -1.27. The number of aromatic nitrogens is 10. The lowest BCUT2D eigenvalue weighted by Gasteiger charge is -2.20. The van der Waals surface area contributed by atoms with Crippen LogP contribution in [0.4, 0.5) is 11.8 Å². The summed E-state index contributed by atoms with van der Waals surface area (Å²) in [6.07, 6.45) is 1.52. The highest BCUT2D eigenvalue weighted by atomic mass is 16.6. The SMILES string of the molecule is CC(C)n1nnc([C@H]2O[C@@H](n3cnc4c(NCc5ccccc5)nc(NCCc5cn(C)cn5)nc43)[C@H](OC=O)[C@@H]2O)n1. The van der Waals surface area contributed by atoms with Gasteiger partial charge in [-0.05, 0) is 24.6 Å². The molecule has 16 nitrogen and oxygen atoms in total. The first kappa shape index (κ1) is 28.2. The predicted octanol–water partition coefficient (Wildman–Crippen LogP) is 1.57. The Morgan fingerprint density at radius 1 is 1.14 bits per heavy atom. The normalized spacial score (nSPS) is 20.1. The van der Waals surface area contributed by atoms with Gasteiger partial charge in [-0.25, -0.2) is 9.97 Å². The van der Waals surface area contributed by atoms with Gasteiger partial charge in [-0.2, -0.15) is 14.8 Å². The molecule has 1 saturated heterocycles. The maximum atomic E-state index is 11.5. The minimum absolute atomic E-state index is 0.0442. The fourth-order valence-electron chi connectivity index (χ4n) is 4.85. The Labute approximate surface area is 246 Å². The molecule has 3 N–H and O–H groups in total. The number of tetrazole rings is 1. The Morgan fingerprint density at radius 2 is 1.98 bits per heavy atom. The molecule has 5 heterocycles. The summed E-state index contributed by atoms with van der Waals surface area (Å²) in [5, 5.41) is 30.2. The molecule has 0 saturated carbocycles. The molecule has 1 aromatic carbocycles. The van der Waals surface area contributed by atoms with Crippen LogP contribution in [0.1, 0.15) is 49.3 Å². The number of aryl methyl sites for hydroxylation is 1. The van der Waals surface area contributed by atoms with Crippen LogP contribution in [0.15, 0.2) is 49.2 Å². The highest BCUT2D eigenvalue weighted by Gasteiger charge is 2.49. The fraction of sp³-hybridized carbons (Fsp3) is 0.407. The quantitative estimate of drug-likeness (QED) is 0.179. The molecule has 4 aromatic heterocycles. The number of fused-ring (bicyclic) bond motifs is 1. The molecule has 0 spiro atoms. The monoisotopic (exact) mass is 588 g/mol. The van der Waals surface area contributed by atoms with Crippen molar-refractivity contribution in [1.82, 2.24) is 49.3 Å². The molecule has 4 atom stereocenters. The Kier molecular flexibility index (Phi) is 7.93. The van der Waals surface area contributed by atoms with E-state index in [0.717, 1.165) is 11.3 Å². The third-order valence-corrected chi connectivity index (χ3v) is 7.01. The van der Waals surface area contributed by atoms with Gasteiger partial charge in [-0.1, -0.05) is 30.3 Å². The number of carbonyl (C=O) groups excluding carboxylic acids is 1. The summed E-state index contributed by atoms with van der Waals surface area (Å²) in [5.74, 6) is 1.02. The van der Waals surface area contributed by atoms with Crippen molar-refractivity contribution in [2.24, 2.45) is 7.05 Å². The molecule has 0 unspecified atom stereocenters. The van der Waals surface area contributed by atoms with Crippen molar-refractivity contribution in [1.29, 1.82) is 0 Å². The van der Waals surface area contributed by atoms with E-state index in [9.17, 15) is 9.90 Å². The summed E-state index contributed by atoms with van der Waals surface area (Å²) in [5.41, 5.74) is 2.87. The smallest absolute Gasteiger partial charge is 0.293 e. The average molecular weight is 589 g/mol. The molecule has 16 heteroatoms. The lowest BCUT2D eigenvalue weighted by Crippen LogP contribution is -2.32. The second-order valence-electron chi connectivity index (χ2n) is 10.5. The first-order valence-electron chi connectivity index (χ1n) is 13.9. The molecule has 43 heavy (non-hydrogen) atoms. The van der Waals surface area contributed by atoms with E-state index in [4.69, 9.17) is 19.4 Å². The van der Waals surface area contributed by atoms with Crippen LogP contribution in [-0.4, -0.2) is 79.6 Å². The number of imidazole rings is 2. The van der Waals surface area contributed by atoms with E-state index in [2.05, 4.69) is 36.0 Å². The molecule has 5 aromatic rings. The second kappa shape index (κ2) is 12.1. The number of benzene rings is 1. The van der Waals surface area contributed by atoms with Gasteiger partial charge in [0, 0.05) is 32.8 Å². The van der Waals surface area contributed by atoms with Gasteiger partial charge < -0.3 is 29.8 Å². The Morgan fingerprint density at radius 3 is 2.70 bits per heavy atom. The van der Waals surface area contributed by atoms with Gasteiger partial charge in [0.05, 0.1) is 24.4 Å². The van der Waals surface area contributed by atoms with Crippen molar-refractivity contribution in [3.8, 4) is 0 Å². The average Bonchev–Trinajstić information content (AvgIpc) is 3.80. The lowest BCUT2D eigenvalue weighted by atomic mass is 10.1. The van der Waals surface area contributed by atoms with E-state index >= 15 is 0 Å². The van der Waals surface area contributed by atoms with Gasteiger partial charge in [0.2, 0.25) is 11.8 Å². The largest absolute Gasteiger partial charge is 0.457 e. The van der Waals surface area contributed by atoms with E-state index in [1.165, 1.54) is 11.1 Å². The van der Waals surface area contributed by atoms with Crippen LogP contribution in [0.25, 0.3) is 11.2 Å². The lowest BCUT2D eigenvalue weighted by molar-refractivity contribution is -0.142. The molecular formula is C27H32N12O4. The first-order chi connectivity index (χ1) is 20.9. The van der Waals surface area contributed by atoms with Gasteiger partial charge in [0.25, 0.3) is 6.47 Å². The van der Waals surface area contributed by atoms with E-state index in [1.54, 1.807) is 10.9 Å². The Balaban J connectivity index is 1.33. The molecule has 0 aliphatic carbocycles. The molecule has 1 aliphatic heterocycles. The van der Waals surface area contributed by atoms with Gasteiger partial charge in [-0.3, -0.25) is 9.36 Å². The number of nitrogens with one attached hydrogen (secondary N) is 2. The maximum Gasteiger partial charge on any atom is 0.293 e. The molecule has 1 aliphatic rings. The maximum absolute atomic E-state index is 11.5. The van der Waals surface area contributed by atoms with Gasteiger partial charge in [-0.15, -0.1) is 10.2 Å². The number of carbonyl (C=O) groups is 1. The minimum Gasteiger partial charge on any atom is -0.457 e. The van der Waals surface area contributed by atoms with Crippen molar-refractivity contribution < 1.29 is 19.4 Å². The number of ether oxygens (including phenoxy) is 2. The van der Waals surface area contributed by atoms with Crippen molar-refractivity contribution in [2.45, 2.75) is 57.4 Å². The molecule has 0 radical (unpaired) electrons. The zero-order chi connectivity index (χ0) is 29.9. The highest BCUT2D eigenvalue weighted by Crippen LogP contribution is 2.40. The molecular weight excluding hydrogens is 556 g/mol. The number of aliphatic hydroxyl groups is 1. The summed E-state index contributed by atoms with van der Waals surface area (Å²) in [6, 6.07) is 9.86. The summed E-state index contributed by atoms with van der Waals surface area (Å²) < 4.78 is 15.0. The van der Waals surface area contributed by atoms with Crippen molar-refractivity contribution in [2.75, 3.05) is 17.2 Å². The molecule has 224 valence electrons. The zero-order valence-corrected chi connectivity index (χ0v) is 23.8. The topological polar surface area (TPSA) is 185 Å². The highest BCUT2D eigenvalue weighted by molar-refractivity contribution is 5.84. The first-order valence-corrected chi connectivity index (χ1v) is 13.9. The van der Waals surface area contributed by atoms with Gasteiger partial charge >= 0.3 is 0 Å². The van der Waals surface area contributed by atoms with Gasteiger partial charge in [0.1, 0.15) is 6.10 Å². The number of hydrogen-bond acceptors (Lipinski definition) is 13. The van der Waals surface area contributed by atoms with E-state index in [1.807, 2.05) is 62.0 Å². The summed E-state index contributed by atoms with van der Waals surface area (Å²) >= 11 is 0. The van der Waals surface area contributed by atoms with E-state index in [-0.39, 0.29) is 18.3 Å². The molecule has 6 rings (SSSR count). The number of nitrogens with zero attached hydrogens (tertiary/aromatic N) is 10. The fourth-order valence-corrected chi connectivity index (χ4v) is 4.85. The third kappa shape index (κ3) is 5.87. The van der Waals surface area contributed by atoms with Crippen LogP contribution in [0.2, 0.25) is 0 Å². The van der Waals surface area contributed by atoms with Gasteiger partial charge in [0.15, 0.2) is 35.4 Å². The number of rotatable bonds is 12. The van der Waals surface area contributed by atoms with Crippen LogP contribution in [-0.2, 0) is 34.3 Å². The number of aliphatic hydroxyl groups excluding tert-OH is 1. The van der Waals surface area contributed by atoms with Crippen LogP contribution in [0.3, 0.4) is 0 Å². The molecule has 0 amide bonds. The summed E-state index contributed by atoms with van der Waals surface area (Å²) in [7, 11) is 1.92. The predicted molar refractivity (Wildman–Crippen MR) is 153 cm³/mol. The van der Waals surface area contributed by atoms with E-state index in [0.29, 0.717) is 42.4 Å².